The smallest absolute Gasteiger partial charge is 0.0579 e. The molecule has 2 rings (SSSR count). The first-order valence-electron chi connectivity index (χ1n) is 7.55. The number of nitrogens with one attached hydrogen (secondary N) is 1. The fourth-order valence-electron chi connectivity index (χ4n) is 2.63. The highest BCUT2D eigenvalue weighted by molar-refractivity contribution is 5.39. The third-order valence-electron chi connectivity index (χ3n) is 3.88. The molecule has 0 radical (unpaired) electrons. The molecule has 1 atom stereocenters. The van der Waals surface area contributed by atoms with Gasteiger partial charge >= 0.3 is 0 Å². The molecule has 1 heteroatoms. The second-order valence-corrected chi connectivity index (χ2v) is 5.45. The van der Waals surface area contributed by atoms with Crippen LogP contribution in [0.5, 0.6) is 0 Å². The highest BCUT2D eigenvalue weighted by atomic mass is 14.9. The van der Waals surface area contributed by atoms with Gasteiger partial charge in [0.25, 0.3) is 0 Å². The summed E-state index contributed by atoms with van der Waals surface area (Å²) in [5.41, 5.74) is 6.79. The van der Waals surface area contributed by atoms with Crippen molar-refractivity contribution in [2.75, 3.05) is 6.54 Å². The normalized spacial score (nSPS) is 12.4. The Balaban J connectivity index is 2.41. The van der Waals surface area contributed by atoms with Gasteiger partial charge in [-0.15, -0.1) is 0 Å². The van der Waals surface area contributed by atoms with Crippen molar-refractivity contribution in [3.05, 3.63) is 70.3 Å². The van der Waals surface area contributed by atoms with E-state index in [9.17, 15) is 0 Å². The van der Waals surface area contributed by atoms with Gasteiger partial charge in [0.1, 0.15) is 0 Å². The van der Waals surface area contributed by atoms with Crippen LogP contribution in [0.1, 0.15) is 47.7 Å². The summed E-state index contributed by atoms with van der Waals surface area (Å²) in [7, 11) is 0. The van der Waals surface area contributed by atoms with Crippen LogP contribution >= 0.6 is 0 Å². The second kappa shape index (κ2) is 6.71. The predicted molar refractivity (Wildman–Crippen MR) is 87.3 cm³/mol. The number of hydrogen-bond donors (Lipinski definition) is 1. The highest BCUT2D eigenvalue weighted by Crippen LogP contribution is 2.26. The van der Waals surface area contributed by atoms with Crippen LogP contribution in [0.15, 0.2) is 42.5 Å². The Morgan fingerprint density at radius 1 is 0.950 bits per heavy atom. The van der Waals surface area contributed by atoms with Crippen molar-refractivity contribution < 1.29 is 0 Å². The zero-order valence-electron chi connectivity index (χ0n) is 13.0. The van der Waals surface area contributed by atoms with E-state index in [2.05, 4.69) is 75.5 Å². The predicted octanol–water partition coefficient (Wildman–Crippen LogP) is 4.56. The summed E-state index contributed by atoms with van der Waals surface area (Å²) in [6.07, 6.45) is 1.09. The lowest BCUT2D eigenvalue weighted by molar-refractivity contribution is 0.627. The molecule has 0 saturated carbocycles. The summed E-state index contributed by atoms with van der Waals surface area (Å²) < 4.78 is 0. The van der Waals surface area contributed by atoms with Gasteiger partial charge < -0.3 is 5.32 Å². The van der Waals surface area contributed by atoms with E-state index < -0.39 is 0 Å². The van der Waals surface area contributed by atoms with Crippen LogP contribution in [0, 0.1) is 13.8 Å². The maximum Gasteiger partial charge on any atom is 0.0579 e. The minimum Gasteiger partial charge on any atom is -0.307 e. The highest BCUT2D eigenvalue weighted by Gasteiger charge is 2.15. The molecule has 1 nitrogen and oxygen atoms in total. The van der Waals surface area contributed by atoms with E-state index in [1.54, 1.807) is 0 Å². The molecule has 2 aromatic carbocycles. The Morgan fingerprint density at radius 2 is 1.65 bits per heavy atom. The molecule has 1 N–H and O–H groups in total. The van der Waals surface area contributed by atoms with E-state index >= 15 is 0 Å². The minimum atomic E-state index is 0.283. The van der Waals surface area contributed by atoms with E-state index in [-0.39, 0.29) is 6.04 Å². The topological polar surface area (TPSA) is 12.0 Å². The second-order valence-electron chi connectivity index (χ2n) is 5.45. The Bertz CT molecular complexity index is 554. The third kappa shape index (κ3) is 3.29. The van der Waals surface area contributed by atoms with Crippen LogP contribution in [0.2, 0.25) is 0 Å². The molecule has 106 valence electrons. The summed E-state index contributed by atoms with van der Waals surface area (Å²) in [6.45, 7) is 9.68. The number of rotatable bonds is 5. The standard InChI is InChI=1S/C19H25N/c1-5-16-9-11-17(12-10-16)19(20-6-2)18-13-14(3)7-8-15(18)4/h7-13,19-20H,5-6H2,1-4H3. The van der Waals surface area contributed by atoms with E-state index in [1.165, 1.54) is 27.8 Å². The molecule has 0 aromatic heterocycles. The minimum absolute atomic E-state index is 0.283. The fraction of sp³-hybridized carbons (Fsp3) is 0.368. The van der Waals surface area contributed by atoms with Crippen molar-refractivity contribution in [1.82, 2.24) is 5.32 Å². The molecule has 0 aliphatic carbocycles. The van der Waals surface area contributed by atoms with Crippen molar-refractivity contribution in [2.24, 2.45) is 0 Å². The summed E-state index contributed by atoms with van der Waals surface area (Å²) in [4.78, 5) is 0. The first-order valence-corrected chi connectivity index (χ1v) is 7.55. The average molecular weight is 267 g/mol. The van der Waals surface area contributed by atoms with Gasteiger partial charge in [-0.25, -0.2) is 0 Å². The maximum atomic E-state index is 3.62. The maximum absolute atomic E-state index is 3.62. The molecule has 0 aliphatic rings. The van der Waals surface area contributed by atoms with Crippen LogP contribution in [0.4, 0.5) is 0 Å². The number of hydrogen-bond acceptors (Lipinski definition) is 1. The molecular weight excluding hydrogens is 242 g/mol. The van der Waals surface area contributed by atoms with Gasteiger partial charge in [0.15, 0.2) is 0 Å². The summed E-state index contributed by atoms with van der Waals surface area (Å²) in [5.74, 6) is 0. The van der Waals surface area contributed by atoms with Crippen LogP contribution in [-0.4, -0.2) is 6.54 Å². The van der Waals surface area contributed by atoms with Gasteiger partial charge in [-0.2, -0.15) is 0 Å². The monoisotopic (exact) mass is 267 g/mol. The lowest BCUT2D eigenvalue weighted by atomic mass is 9.93. The van der Waals surface area contributed by atoms with Crippen LogP contribution < -0.4 is 5.32 Å². The number of aryl methyl sites for hydroxylation is 3. The molecule has 0 fully saturated rings. The van der Waals surface area contributed by atoms with Gasteiger partial charge in [-0.05, 0) is 49.1 Å². The first-order chi connectivity index (χ1) is 9.65. The van der Waals surface area contributed by atoms with E-state index in [4.69, 9.17) is 0 Å². The van der Waals surface area contributed by atoms with E-state index in [0.29, 0.717) is 0 Å². The Hall–Kier alpha value is -1.60. The zero-order valence-corrected chi connectivity index (χ0v) is 13.0. The molecule has 0 heterocycles. The van der Waals surface area contributed by atoms with E-state index in [0.717, 1.165) is 13.0 Å². The van der Waals surface area contributed by atoms with Gasteiger partial charge in [0.05, 0.1) is 6.04 Å². The first kappa shape index (κ1) is 14.8. The molecular formula is C19H25N. The quantitative estimate of drug-likeness (QED) is 0.837. The van der Waals surface area contributed by atoms with Gasteiger partial charge in [-0.3, -0.25) is 0 Å². The average Bonchev–Trinajstić information content (AvgIpc) is 2.48. The van der Waals surface area contributed by atoms with Crippen molar-refractivity contribution in [1.29, 1.82) is 0 Å². The third-order valence-corrected chi connectivity index (χ3v) is 3.88. The Labute approximate surface area is 123 Å². The van der Waals surface area contributed by atoms with Gasteiger partial charge in [0, 0.05) is 0 Å². The van der Waals surface area contributed by atoms with Gasteiger partial charge in [0.2, 0.25) is 0 Å². The summed E-state index contributed by atoms with van der Waals surface area (Å²) >= 11 is 0. The van der Waals surface area contributed by atoms with Gasteiger partial charge in [-0.1, -0.05) is 61.9 Å². The molecule has 0 bridgehead atoms. The molecule has 0 amide bonds. The van der Waals surface area contributed by atoms with Crippen molar-refractivity contribution in [3.63, 3.8) is 0 Å². The molecule has 0 saturated heterocycles. The van der Waals surface area contributed by atoms with Crippen molar-refractivity contribution in [3.8, 4) is 0 Å². The zero-order chi connectivity index (χ0) is 14.5. The summed E-state index contributed by atoms with van der Waals surface area (Å²) in [6, 6.07) is 16.0. The van der Waals surface area contributed by atoms with Crippen LogP contribution in [0.25, 0.3) is 0 Å². The van der Waals surface area contributed by atoms with E-state index in [1.807, 2.05) is 0 Å². The van der Waals surface area contributed by atoms with Crippen LogP contribution in [0.3, 0.4) is 0 Å². The van der Waals surface area contributed by atoms with Crippen molar-refractivity contribution in [2.45, 2.75) is 40.2 Å². The molecule has 2 aromatic rings. The summed E-state index contributed by atoms with van der Waals surface area (Å²) in [5, 5.41) is 3.62. The Morgan fingerprint density at radius 3 is 2.25 bits per heavy atom. The SMILES string of the molecule is CCNC(c1ccc(CC)cc1)c1cc(C)ccc1C. The fourth-order valence-corrected chi connectivity index (χ4v) is 2.63. The molecule has 20 heavy (non-hydrogen) atoms. The number of benzene rings is 2. The lowest BCUT2D eigenvalue weighted by Gasteiger charge is -2.22. The van der Waals surface area contributed by atoms with Crippen molar-refractivity contribution >= 4 is 0 Å². The lowest BCUT2D eigenvalue weighted by Crippen LogP contribution is -2.22. The molecule has 0 aliphatic heterocycles. The molecule has 1 unspecified atom stereocenters. The largest absolute Gasteiger partial charge is 0.307 e. The van der Waals surface area contributed by atoms with Crippen LogP contribution in [-0.2, 0) is 6.42 Å². The molecule has 0 spiro atoms. The Kier molecular flexibility index (Phi) is 4.97.